The molecule has 0 N–H and O–H groups in total. The summed E-state index contributed by atoms with van der Waals surface area (Å²) in [6, 6.07) is 5.48. The molecule has 2 aromatic heterocycles. The highest BCUT2D eigenvalue weighted by Crippen LogP contribution is 2.56. The first-order chi connectivity index (χ1) is 13.1. The minimum atomic E-state index is -4.38. The first kappa shape index (κ1) is 19.9. The Labute approximate surface area is 177 Å². The number of fused-ring (bicyclic) bond motifs is 1. The fourth-order valence-electron chi connectivity index (χ4n) is 3.34. The Bertz CT molecular complexity index is 1090. The van der Waals surface area contributed by atoms with Gasteiger partial charge in [-0.05, 0) is 58.6 Å². The molecule has 2 atom stereocenters. The first-order valence-electron chi connectivity index (χ1n) is 8.43. The van der Waals surface area contributed by atoms with Gasteiger partial charge >= 0.3 is 6.18 Å². The Morgan fingerprint density at radius 2 is 2.04 bits per heavy atom. The molecule has 0 bridgehead atoms. The first-order valence-corrected chi connectivity index (χ1v) is 11.8. The van der Waals surface area contributed by atoms with E-state index in [1.54, 1.807) is 17.5 Å². The molecule has 1 aliphatic rings. The molecule has 0 aliphatic heterocycles. The van der Waals surface area contributed by atoms with Gasteiger partial charge in [-0.2, -0.15) is 13.2 Å². The topological polar surface area (TPSA) is 30.2 Å². The molecule has 1 aliphatic carbocycles. The van der Waals surface area contributed by atoms with Gasteiger partial charge in [0.15, 0.2) is 9.32 Å². The normalized spacial score (nSPS) is 22.0. The number of pyridine rings is 1. The third-order valence-corrected chi connectivity index (χ3v) is 8.41. The molecule has 2 heterocycles. The number of halogens is 6. The zero-order valence-electron chi connectivity index (χ0n) is 14.7. The van der Waals surface area contributed by atoms with E-state index in [4.69, 9.17) is 0 Å². The molecule has 148 valence electrons. The van der Waals surface area contributed by atoms with Gasteiger partial charge < -0.3 is 0 Å². The zero-order chi connectivity index (χ0) is 20.3. The van der Waals surface area contributed by atoms with Crippen LogP contribution in [0.3, 0.4) is 0 Å². The lowest BCUT2D eigenvalue weighted by Gasteiger charge is -2.13. The van der Waals surface area contributed by atoms with E-state index in [-0.39, 0.29) is 5.92 Å². The summed E-state index contributed by atoms with van der Waals surface area (Å²) in [6.07, 6.45) is -1.57. The number of hydrogen-bond donors (Lipinski definition) is 0. The molecule has 0 amide bonds. The van der Waals surface area contributed by atoms with E-state index in [0.717, 1.165) is 17.7 Å². The van der Waals surface area contributed by atoms with Crippen LogP contribution in [0.5, 0.6) is 0 Å². The number of aryl methyl sites for hydroxylation is 1. The average molecular weight is 568 g/mol. The summed E-state index contributed by atoms with van der Waals surface area (Å²) in [5.41, 5.74) is 1.80. The predicted molar refractivity (Wildman–Crippen MR) is 113 cm³/mol. The number of alkyl halides is 5. The predicted octanol–water partition coefficient (Wildman–Crippen LogP) is 6.12. The lowest BCUT2D eigenvalue weighted by Crippen LogP contribution is -2.05. The number of rotatable bonds is 4. The van der Waals surface area contributed by atoms with Crippen LogP contribution in [0, 0.1) is 12.8 Å². The molecule has 9 heteroatoms. The summed E-state index contributed by atoms with van der Waals surface area (Å²) < 4.78 is 58.1. The van der Waals surface area contributed by atoms with Gasteiger partial charge in [-0.3, -0.25) is 4.40 Å². The summed E-state index contributed by atoms with van der Waals surface area (Å²) in [4.78, 5) is 0. The minimum Gasteiger partial charge on any atom is -0.285 e. The smallest absolute Gasteiger partial charge is 0.285 e. The second kappa shape index (κ2) is 6.86. The van der Waals surface area contributed by atoms with Gasteiger partial charge in [0.25, 0.3) is 0 Å². The quantitative estimate of drug-likeness (QED) is 0.216. The number of nitrogens with zero attached hydrogens (tertiary/aromatic N) is 3. The van der Waals surface area contributed by atoms with Crippen molar-refractivity contribution < 1.29 is 17.6 Å². The Balaban J connectivity index is 1.71. The largest absolute Gasteiger partial charge is 0.416 e. The van der Waals surface area contributed by atoms with E-state index in [9.17, 15) is 17.6 Å². The van der Waals surface area contributed by atoms with Gasteiger partial charge in [-0.15, -0.1) is 10.2 Å². The van der Waals surface area contributed by atoms with E-state index in [0.29, 0.717) is 39.9 Å². The van der Waals surface area contributed by atoms with Gasteiger partial charge in [0.05, 0.1) is 10.0 Å². The molecule has 3 aromatic rings. The highest BCUT2D eigenvalue weighted by atomic mass is 127. The van der Waals surface area contributed by atoms with Crippen LogP contribution in [-0.4, -0.2) is 22.8 Å². The Morgan fingerprint density at radius 3 is 2.64 bits per heavy atom. The van der Waals surface area contributed by atoms with Crippen molar-refractivity contribution in [2.75, 3.05) is 0 Å². The summed E-state index contributed by atoms with van der Waals surface area (Å²) in [5, 5.41) is 8.40. The third-order valence-electron chi connectivity index (χ3n) is 5.04. The molecule has 1 fully saturated rings. The number of benzene rings is 1. The fourth-order valence-corrected chi connectivity index (χ4v) is 5.64. The van der Waals surface area contributed by atoms with Crippen LogP contribution in [0.25, 0.3) is 16.8 Å². The fraction of sp³-hybridized carbons (Fsp3) is 0.316. The lowest BCUT2D eigenvalue weighted by molar-refractivity contribution is -0.137. The molecule has 28 heavy (non-hydrogen) atoms. The van der Waals surface area contributed by atoms with Crippen molar-refractivity contribution in [3.63, 3.8) is 0 Å². The molecule has 1 aromatic carbocycles. The average Bonchev–Trinajstić information content (AvgIpc) is 3.09. The van der Waals surface area contributed by atoms with Gasteiger partial charge in [0, 0.05) is 24.1 Å². The van der Waals surface area contributed by atoms with E-state index in [1.807, 2.05) is 6.07 Å². The molecule has 2 unspecified atom stereocenters. The van der Waals surface area contributed by atoms with Crippen molar-refractivity contribution in [3.05, 3.63) is 51.9 Å². The zero-order valence-corrected chi connectivity index (χ0v) is 18.4. The van der Waals surface area contributed by atoms with Crippen LogP contribution in [0.2, 0.25) is 0 Å². The van der Waals surface area contributed by atoms with Crippen LogP contribution in [-0.2, 0) is 12.6 Å². The van der Waals surface area contributed by atoms with Gasteiger partial charge in [0.2, 0.25) is 0 Å². The van der Waals surface area contributed by atoms with Crippen molar-refractivity contribution in [1.29, 1.82) is 0 Å². The van der Waals surface area contributed by atoms with Gasteiger partial charge in [-0.1, -0.05) is 31.3 Å². The third kappa shape index (κ3) is 3.40. The van der Waals surface area contributed by atoms with E-state index >= 15 is 0 Å². The molecule has 3 nitrogen and oxygen atoms in total. The Morgan fingerprint density at radius 1 is 1.29 bits per heavy atom. The van der Waals surface area contributed by atoms with Gasteiger partial charge in [-0.25, -0.2) is 4.39 Å². The van der Waals surface area contributed by atoms with Crippen LogP contribution >= 0.6 is 36.7 Å². The molecule has 0 saturated heterocycles. The summed E-state index contributed by atoms with van der Waals surface area (Å²) in [6.45, 7) is 1.65. The molecule has 4 rings (SSSR count). The summed E-state index contributed by atoms with van der Waals surface area (Å²) in [5.74, 6) is 0.620. The molecule has 0 radical (unpaired) electrons. The maximum atomic E-state index is 14.3. The highest BCUT2D eigenvalue weighted by molar-refractivity contribution is 14.2. The molecule has 0 spiro atoms. The van der Waals surface area contributed by atoms with Crippen molar-refractivity contribution >= 4 is 46.8 Å². The van der Waals surface area contributed by atoms with Crippen LogP contribution < -0.4 is 0 Å². The minimum absolute atomic E-state index is 0.0548. The monoisotopic (exact) mass is 567 g/mol. The SMILES string of the molecule is C=IC1(F)CC1Cc1nnc2c(Br)c(-c3ccc(C(F)(F)F)cc3C)ccn12. The van der Waals surface area contributed by atoms with Crippen LogP contribution in [0.4, 0.5) is 17.6 Å². The summed E-state index contributed by atoms with van der Waals surface area (Å²) >= 11 is 2.80. The van der Waals surface area contributed by atoms with Crippen molar-refractivity contribution in [2.45, 2.75) is 29.6 Å². The van der Waals surface area contributed by atoms with E-state index in [1.165, 1.54) is 6.07 Å². The second-order valence-corrected chi connectivity index (χ2v) is 10.2. The van der Waals surface area contributed by atoms with E-state index in [2.05, 4.69) is 30.6 Å². The highest BCUT2D eigenvalue weighted by Gasteiger charge is 2.54. The van der Waals surface area contributed by atoms with Gasteiger partial charge in [0.1, 0.15) is 5.82 Å². The van der Waals surface area contributed by atoms with Crippen LogP contribution in [0.1, 0.15) is 23.4 Å². The standard InChI is InChI=1S/C19H15BrF4IN3/c1-10-7-11(19(22,23)24)3-4-13(10)14-5-6-28-15(26-27-17(28)16(14)20)8-12-9-18(12,21)25-2/h3-7,12H,2,8-9H2,1H3. The van der Waals surface area contributed by atoms with E-state index < -0.39 is 36.1 Å². The van der Waals surface area contributed by atoms with Crippen molar-refractivity contribution in [1.82, 2.24) is 14.6 Å². The molecular weight excluding hydrogens is 553 g/mol. The van der Waals surface area contributed by atoms with Crippen molar-refractivity contribution in [2.24, 2.45) is 5.92 Å². The Hall–Kier alpha value is -1.36. The second-order valence-electron chi connectivity index (χ2n) is 6.88. The summed E-state index contributed by atoms with van der Waals surface area (Å²) in [7, 11) is 0. The maximum Gasteiger partial charge on any atom is 0.416 e. The van der Waals surface area contributed by atoms with Crippen LogP contribution in [0.15, 0.2) is 34.9 Å². The number of aromatic nitrogens is 3. The van der Waals surface area contributed by atoms with Crippen molar-refractivity contribution in [3.8, 4) is 11.1 Å². The molecule has 1 saturated carbocycles. The lowest BCUT2D eigenvalue weighted by atomic mass is 9.99. The Kier molecular flexibility index (Phi) is 4.88. The number of hydrogen-bond acceptors (Lipinski definition) is 2. The maximum absolute atomic E-state index is 14.3. The molecular formula is C19H15BrF4IN3.